The van der Waals surface area contributed by atoms with Gasteiger partial charge in [-0.1, -0.05) is 0 Å². The molecule has 1 aromatic carbocycles. The molecule has 0 radical (unpaired) electrons. The van der Waals surface area contributed by atoms with Gasteiger partial charge in [-0.3, -0.25) is 10.1 Å². The van der Waals surface area contributed by atoms with E-state index in [1.54, 1.807) is 18.3 Å². The van der Waals surface area contributed by atoms with Crippen LogP contribution in [0.25, 0.3) is 11.3 Å². The molecule has 0 unspecified atom stereocenters. The van der Waals surface area contributed by atoms with Crippen molar-refractivity contribution < 1.29 is 9.34 Å². The highest BCUT2D eigenvalue weighted by atomic mass is 16.6. The third kappa shape index (κ3) is 2.73. The molecule has 0 atom stereocenters. The first kappa shape index (κ1) is 13.1. The van der Waals surface area contributed by atoms with E-state index in [0.29, 0.717) is 11.8 Å². The number of anilines is 1. The molecule has 6 heteroatoms. The Morgan fingerprint density at radius 2 is 1.89 bits per heavy atom. The first-order chi connectivity index (χ1) is 9.15. The van der Waals surface area contributed by atoms with E-state index in [-0.39, 0.29) is 5.69 Å². The predicted molar refractivity (Wildman–Crippen MR) is 72.2 cm³/mol. The molecule has 2 aromatic rings. The standard InChI is InChI=1S/C13H15N3O3/c1-3-15(4-2)13-14-9-12(19-13)10-5-7-11(8-6-10)16(17)18/h5-9H,3-4H2,1-2H3. The van der Waals surface area contributed by atoms with Crippen LogP contribution in [0.2, 0.25) is 0 Å². The van der Waals surface area contributed by atoms with E-state index >= 15 is 0 Å². The van der Waals surface area contributed by atoms with Gasteiger partial charge >= 0.3 is 0 Å². The fourth-order valence-corrected chi connectivity index (χ4v) is 1.79. The second-order valence-corrected chi connectivity index (χ2v) is 3.98. The number of nitro benzene ring substituents is 1. The molecule has 0 bridgehead atoms. The molecule has 2 rings (SSSR count). The lowest BCUT2D eigenvalue weighted by Crippen LogP contribution is -2.21. The Bertz CT molecular complexity index is 559. The van der Waals surface area contributed by atoms with Crippen LogP contribution in [0.1, 0.15) is 13.8 Å². The molecule has 0 saturated carbocycles. The monoisotopic (exact) mass is 261 g/mol. The van der Waals surface area contributed by atoms with E-state index in [2.05, 4.69) is 4.98 Å². The average Bonchev–Trinajstić information content (AvgIpc) is 2.90. The van der Waals surface area contributed by atoms with E-state index in [9.17, 15) is 10.1 Å². The zero-order valence-electron chi connectivity index (χ0n) is 10.9. The molecule has 0 amide bonds. The Hall–Kier alpha value is -2.37. The third-order valence-electron chi connectivity index (χ3n) is 2.89. The Morgan fingerprint density at radius 1 is 1.26 bits per heavy atom. The molecule has 1 heterocycles. The van der Waals surface area contributed by atoms with Crippen LogP contribution in [0.15, 0.2) is 34.9 Å². The summed E-state index contributed by atoms with van der Waals surface area (Å²) in [6.07, 6.45) is 1.63. The highest BCUT2D eigenvalue weighted by molar-refractivity contribution is 5.59. The maximum Gasteiger partial charge on any atom is 0.297 e. The molecule has 0 aliphatic carbocycles. The maximum atomic E-state index is 10.6. The number of nitro groups is 1. The summed E-state index contributed by atoms with van der Waals surface area (Å²) in [6, 6.07) is 6.79. The largest absolute Gasteiger partial charge is 0.423 e. The lowest BCUT2D eigenvalue weighted by molar-refractivity contribution is -0.384. The molecular formula is C13H15N3O3. The smallest absolute Gasteiger partial charge is 0.297 e. The zero-order chi connectivity index (χ0) is 13.8. The van der Waals surface area contributed by atoms with Crippen LogP contribution in [0.3, 0.4) is 0 Å². The van der Waals surface area contributed by atoms with E-state index in [1.165, 1.54) is 12.1 Å². The van der Waals surface area contributed by atoms with Gasteiger partial charge < -0.3 is 9.32 Å². The molecule has 0 fully saturated rings. The zero-order valence-corrected chi connectivity index (χ0v) is 10.9. The van der Waals surface area contributed by atoms with E-state index < -0.39 is 4.92 Å². The van der Waals surface area contributed by atoms with Crippen LogP contribution in [0.5, 0.6) is 0 Å². The first-order valence-electron chi connectivity index (χ1n) is 6.11. The molecule has 1 aromatic heterocycles. The number of rotatable bonds is 5. The number of oxazole rings is 1. The summed E-state index contributed by atoms with van der Waals surface area (Å²) < 4.78 is 5.66. The van der Waals surface area contributed by atoms with Gasteiger partial charge in [0.15, 0.2) is 5.76 Å². The predicted octanol–water partition coefficient (Wildman–Crippen LogP) is 3.10. The van der Waals surface area contributed by atoms with Crippen molar-refractivity contribution in [2.45, 2.75) is 13.8 Å². The fraction of sp³-hybridized carbons (Fsp3) is 0.308. The van der Waals surface area contributed by atoms with Crippen molar-refractivity contribution in [2.75, 3.05) is 18.0 Å². The Morgan fingerprint density at radius 3 is 2.42 bits per heavy atom. The van der Waals surface area contributed by atoms with Crippen LogP contribution < -0.4 is 4.90 Å². The minimum atomic E-state index is -0.425. The Kier molecular flexibility index (Phi) is 3.79. The second kappa shape index (κ2) is 5.51. The second-order valence-electron chi connectivity index (χ2n) is 3.98. The molecule has 100 valence electrons. The van der Waals surface area contributed by atoms with Gasteiger partial charge in [0.05, 0.1) is 11.1 Å². The van der Waals surface area contributed by atoms with E-state index in [0.717, 1.165) is 18.7 Å². The number of benzene rings is 1. The highest BCUT2D eigenvalue weighted by Crippen LogP contribution is 2.26. The number of nitrogens with zero attached hydrogens (tertiary/aromatic N) is 3. The lowest BCUT2D eigenvalue weighted by Gasteiger charge is -2.14. The van der Waals surface area contributed by atoms with Crippen molar-refractivity contribution in [3.63, 3.8) is 0 Å². The summed E-state index contributed by atoms with van der Waals surface area (Å²) >= 11 is 0. The normalized spacial score (nSPS) is 10.4. The van der Waals surface area contributed by atoms with Crippen LogP contribution in [-0.2, 0) is 0 Å². The van der Waals surface area contributed by atoms with E-state index in [1.807, 2.05) is 18.7 Å². The molecule has 0 N–H and O–H groups in total. The third-order valence-corrected chi connectivity index (χ3v) is 2.89. The van der Waals surface area contributed by atoms with Crippen molar-refractivity contribution >= 4 is 11.7 Å². The summed E-state index contributed by atoms with van der Waals surface area (Å²) in [5.41, 5.74) is 0.837. The average molecular weight is 261 g/mol. The van der Waals surface area contributed by atoms with Crippen molar-refractivity contribution in [2.24, 2.45) is 0 Å². The van der Waals surface area contributed by atoms with Crippen LogP contribution >= 0.6 is 0 Å². The molecule has 0 aliphatic rings. The molecule has 6 nitrogen and oxygen atoms in total. The van der Waals surface area contributed by atoms with Crippen molar-refractivity contribution in [3.8, 4) is 11.3 Å². The first-order valence-corrected chi connectivity index (χ1v) is 6.11. The quantitative estimate of drug-likeness (QED) is 0.610. The number of aromatic nitrogens is 1. The van der Waals surface area contributed by atoms with Crippen LogP contribution in [0, 0.1) is 10.1 Å². The Labute approximate surface area is 110 Å². The van der Waals surface area contributed by atoms with Crippen LogP contribution in [0.4, 0.5) is 11.7 Å². The van der Waals surface area contributed by atoms with Gasteiger partial charge in [-0.2, -0.15) is 0 Å². The number of hydrogen-bond donors (Lipinski definition) is 0. The summed E-state index contributed by atoms with van der Waals surface area (Å²) in [5.74, 6) is 0.608. The van der Waals surface area contributed by atoms with Gasteiger partial charge in [-0.15, -0.1) is 0 Å². The number of non-ortho nitro benzene ring substituents is 1. The van der Waals surface area contributed by atoms with Gasteiger partial charge in [0, 0.05) is 30.8 Å². The SMILES string of the molecule is CCN(CC)c1ncc(-c2ccc([N+](=O)[O-])cc2)o1. The topological polar surface area (TPSA) is 72.4 Å². The van der Waals surface area contributed by atoms with E-state index in [4.69, 9.17) is 4.42 Å². The summed E-state index contributed by atoms with van der Waals surface area (Å²) in [6.45, 7) is 5.69. The van der Waals surface area contributed by atoms with Crippen molar-refractivity contribution in [1.82, 2.24) is 4.98 Å². The Balaban J connectivity index is 2.25. The lowest BCUT2D eigenvalue weighted by atomic mass is 10.2. The van der Waals surface area contributed by atoms with Gasteiger partial charge in [0.1, 0.15) is 0 Å². The summed E-state index contributed by atoms with van der Waals surface area (Å²) in [4.78, 5) is 16.4. The molecule has 0 aliphatic heterocycles. The van der Waals surface area contributed by atoms with Crippen molar-refractivity contribution in [1.29, 1.82) is 0 Å². The molecular weight excluding hydrogens is 246 g/mol. The molecule has 19 heavy (non-hydrogen) atoms. The highest BCUT2D eigenvalue weighted by Gasteiger charge is 2.12. The molecule has 0 saturated heterocycles. The maximum absolute atomic E-state index is 10.6. The summed E-state index contributed by atoms with van der Waals surface area (Å²) in [5, 5.41) is 10.6. The molecule has 0 spiro atoms. The van der Waals surface area contributed by atoms with Gasteiger partial charge in [0.2, 0.25) is 0 Å². The van der Waals surface area contributed by atoms with Gasteiger partial charge in [-0.25, -0.2) is 4.98 Å². The fourth-order valence-electron chi connectivity index (χ4n) is 1.79. The van der Waals surface area contributed by atoms with Crippen molar-refractivity contribution in [3.05, 3.63) is 40.6 Å². The minimum absolute atomic E-state index is 0.0623. The van der Waals surface area contributed by atoms with Crippen LogP contribution in [-0.4, -0.2) is 23.0 Å². The number of hydrogen-bond acceptors (Lipinski definition) is 5. The summed E-state index contributed by atoms with van der Waals surface area (Å²) in [7, 11) is 0. The van der Waals surface area contributed by atoms with Gasteiger partial charge in [0.25, 0.3) is 11.7 Å². The minimum Gasteiger partial charge on any atom is -0.423 e. The van der Waals surface area contributed by atoms with Gasteiger partial charge in [-0.05, 0) is 26.0 Å².